The maximum absolute atomic E-state index is 11.8. The molecule has 1 heterocycles. The van der Waals surface area contributed by atoms with Crippen LogP contribution in [0.25, 0.3) is 0 Å². The molecule has 2 aromatic carbocycles. The Morgan fingerprint density at radius 1 is 0.848 bits per heavy atom. The highest BCUT2D eigenvalue weighted by Crippen LogP contribution is 2.17. The number of methoxy groups -OCH3 is 3. The Hall–Kier alpha value is -3.36. The van der Waals surface area contributed by atoms with E-state index in [4.69, 9.17) is 4.74 Å². The first-order valence-corrected chi connectivity index (χ1v) is 10.8. The van der Waals surface area contributed by atoms with E-state index >= 15 is 0 Å². The van der Waals surface area contributed by atoms with Gasteiger partial charge in [0.05, 0.1) is 21.3 Å². The number of ether oxygens (including phenoxy) is 3. The molecule has 0 radical (unpaired) electrons. The van der Waals surface area contributed by atoms with Gasteiger partial charge < -0.3 is 19.5 Å². The fourth-order valence-electron chi connectivity index (χ4n) is 3.69. The fraction of sp³-hybridized carbons (Fsp3) is 0.360. The summed E-state index contributed by atoms with van der Waals surface area (Å²) in [4.78, 5) is 28.5. The Kier molecular flexibility index (Phi) is 8.86. The summed E-state index contributed by atoms with van der Waals surface area (Å²) in [7, 11) is 4.12. The van der Waals surface area contributed by atoms with Crippen molar-refractivity contribution in [2.75, 3.05) is 52.8 Å². The van der Waals surface area contributed by atoms with Gasteiger partial charge in [0.15, 0.2) is 5.57 Å². The summed E-state index contributed by atoms with van der Waals surface area (Å²) in [6, 6.07) is 16.1. The Morgan fingerprint density at radius 3 is 1.97 bits per heavy atom. The van der Waals surface area contributed by atoms with Gasteiger partial charge in [0, 0.05) is 51.2 Å². The topological polar surface area (TPSA) is 80.3 Å². The van der Waals surface area contributed by atoms with Crippen LogP contribution in [0.4, 0.5) is 5.69 Å². The average Bonchev–Trinajstić information content (AvgIpc) is 2.85. The van der Waals surface area contributed by atoms with E-state index < -0.39 is 11.9 Å². The monoisotopic (exact) mass is 453 g/mol. The van der Waals surface area contributed by atoms with Gasteiger partial charge >= 0.3 is 11.9 Å². The fourth-order valence-corrected chi connectivity index (χ4v) is 3.69. The van der Waals surface area contributed by atoms with Crippen LogP contribution in [-0.4, -0.2) is 69.2 Å². The zero-order valence-electron chi connectivity index (χ0n) is 19.4. The molecule has 0 aromatic heterocycles. The van der Waals surface area contributed by atoms with Crippen molar-refractivity contribution >= 4 is 17.6 Å². The number of hydrogen-bond acceptors (Lipinski definition) is 8. The van der Waals surface area contributed by atoms with Gasteiger partial charge in [-0.25, -0.2) is 9.59 Å². The standard InChI is InChI=1S/C25H31N3O5/c1-31-22-9-7-19(8-10-22)17-27-11-13-28(14-12-27)18-20-5-4-6-21(15-20)26-16-23(24(29)32-2)25(30)33-3/h4-10,15-16,26H,11-14,17-18H2,1-3H3. The number of nitrogens with zero attached hydrogens (tertiary/aromatic N) is 2. The first kappa shape index (κ1) is 24.3. The molecule has 0 unspecified atom stereocenters. The number of esters is 2. The molecular weight excluding hydrogens is 422 g/mol. The van der Waals surface area contributed by atoms with E-state index in [0.717, 1.165) is 56.3 Å². The predicted octanol–water partition coefficient (Wildman–Crippen LogP) is 2.65. The molecule has 8 nitrogen and oxygen atoms in total. The van der Waals surface area contributed by atoms with E-state index in [1.165, 1.54) is 26.0 Å². The minimum Gasteiger partial charge on any atom is -0.497 e. The molecule has 1 aliphatic rings. The molecule has 1 fully saturated rings. The maximum Gasteiger partial charge on any atom is 0.346 e. The van der Waals surface area contributed by atoms with Gasteiger partial charge in [-0.2, -0.15) is 0 Å². The summed E-state index contributed by atoms with van der Waals surface area (Å²) in [6.45, 7) is 5.76. The van der Waals surface area contributed by atoms with Gasteiger partial charge in [0.1, 0.15) is 5.75 Å². The highest BCUT2D eigenvalue weighted by Gasteiger charge is 2.20. The SMILES string of the molecule is COC(=O)C(=CNc1cccc(CN2CCN(Cc3ccc(OC)cc3)CC2)c1)C(=O)OC. The highest BCUT2D eigenvalue weighted by molar-refractivity contribution is 6.14. The molecule has 0 amide bonds. The third-order valence-corrected chi connectivity index (χ3v) is 5.56. The normalized spacial score (nSPS) is 14.3. The lowest BCUT2D eigenvalue weighted by molar-refractivity contribution is -0.144. The largest absolute Gasteiger partial charge is 0.497 e. The number of benzene rings is 2. The molecule has 3 rings (SSSR count). The molecule has 176 valence electrons. The van der Waals surface area contributed by atoms with Crippen molar-refractivity contribution in [1.82, 2.24) is 9.80 Å². The quantitative estimate of drug-likeness (QED) is 0.269. The number of carbonyl (C=O) groups is 2. The molecule has 0 aliphatic carbocycles. The maximum atomic E-state index is 11.8. The van der Waals surface area contributed by atoms with Gasteiger partial charge in [0.2, 0.25) is 0 Å². The van der Waals surface area contributed by atoms with Crippen molar-refractivity contribution in [2.45, 2.75) is 13.1 Å². The second kappa shape index (κ2) is 12.0. The molecule has 0 bridgehead atoms. The van der Waals surface area contributed by atoms with Crippen molar-refractivity contribution < 1.29 is 23.8 Å². The van der Waals surface area contributed by atoms with Crippen LogP contribution in [0.3, 0.4) is 0 Å². The van der Waals surface area contributed by atoms with Crippen LogP contribution in [0.5, 0.6) is 5.75 Å². The van der Waals surface area contributed by atoms with E-state index in [1.54, 1.807) is 7.11 Å². The number of carbonyl (C=O) groups excluding carboxylic acids is 2. The number of hydrogen-bond donors (Lipinski definition) is 1. The molecule has 2 aromatic rings. The summed E-state index contributed by atoms with van der Waals surface area (Å²) in [6.07, 6.45) is 1.31. The van der Waals surface area contributed by atoms with Gasteiger partial charge in [-0.05, 0) is 35.4 Å². The molecule has 0 saturated carbocycles. The summed E-state index contributed by atoms with van der Waals surface area (Å²) in [5.74, 6) is -0.626. The minimum atomic E-state index is -0.752. The number of piperazine rings is 1. The van der Waals surface area contributed by atoms with Crippen LogP contribution in [0.15, 0.2) is 60.3 Å². The highest BCUT2D eigenvalue weighted by atomic mass is 16.5. The van der Waals surface area contributed by atoms with Crippen molar-refractivity contribution in [3.63, 3.8) is 0 Å². The van der Waals surface area contributed by atoms with Crippen LogP contribution in [0, 0.1) is 0 Å². The van der Waals surface area contributed by atoms with E-state index in [0.29, 0.717) is 0 Å². The zero-order valence-corrected chi connectivity index (χ0v) is 19.4. The van der Waals surface area contributed by atoms with Crippen LogP contribution < -0.4 is 10.1 Å². The molecule has 1 saturated heterocycles. The van der Waals surface area contributed by atoms with Gasteiger partial charge in [-0.1, -0.05) is 24.3 Å². The number of rotatable bonds is 9. The number of nitrogens with one attached hydrogen (secondary N) is 1. The Balaban J connectivity index is 1.52. The second-order valence-corrected chi connectivity index (χ2v) is 7.79. The predicted molar refractivity (Wildman–Crippen MR) is 126 cm³/mol. The second-order valence-electron chi connectivity index (χ2n) is 7.79. The minimum absolute atomic E-state index is 0.196. The molecule has 0 spiro atoms. The number of anilines is 1. The van der Waals surface area contributed by atoms with Gasteiger partial charge in [-0.3, -0.25) is 9.80 Å². The lowest BCUT2D eigenvalue weighted by Crippen LogP contribution is -2.45. The van der Waals surface area contributed by atoms with Gasteiger partial charge in [-0.15, -0.1) is 0 Å². The Bertz CT molecular complexity index is 948. The van der Waals surface area contributed by atoms with Crippen molar-refractivity contribution in [3.05, 3.63) is 71.4 Å². The van der Waals surface area contributed by atoms with E-state index in [-0.39, 0.29) is 5.57 Å². The van der Waals surface area contributed by atoms with Crippen LogP contribution in [0.1, 0.15) is 11.1 Å². The van der Waals surface area contributed by atoms with Crippen LogP contribution in [0.2, 0.25) is 0 Å². The summed E-state index contributed by atoms with van der Waals surface area (Å²) < 4.78 is 14.5. The molecule has 1 aliphatic heterocycles. The van der Waals surface area contributed by atoms with Crippen molar-refractivity contribution in [2.24, 2.45) is 0 Å². The molecule has 8 heteroatoms. The molecule has 1 N–H and O–H groups in total. The van der Waals surface area contributed by atoms with Gasteiger partial charge in [0.25, 0.3) is 0 Å². The first-order chi connectivity index (χ1) is 16.0. The third kappa shape index (κ3) is 7.06. The Labute approximate surface area is 194 Å². The van der Waals surface area contributed by atoms with Crippen molar-refractivity contribution in [1.29, 1.82) is 0 Å². The average molecular weight is 454 g/mol. The van der Waals surface area contributed by atoms with Crippen LogP contribution >= 0.6 is 0 Å². The summed E-state index contributed by atoms with van der Waals surface area (Å²) in [5, 5.41) is 3.00. The molecule has 33 heavy (non-hydrogen) atoms. The van der Waals surface area contributed by atoms with Crippen molar-refractivity contribution in [3.8, 4) is 5.75 Å². The van der Waals surface area contributed by atoms with E-state index in [2.05, 4.69) is 42.8 Å². The van der Waals surface area contributed by atoms with E-state index in [1.807, 2.05) is 30.3 Å². The summed E-state index contributed by atoms with van der Waals surface area (Å²) >= 11 is 0. The summed E-state index contributed by atoms with van der Waals surface area (Å²) in [5.41, 5.74) is 3.01. The molecule has 0 atom stereocenters. The lowest BCUT2D eigenvalue weighted by Gasteiger charge is -2.34. The van der Waals surface area contributed by atoms with E-state index in [9.17, 15) is 9.59 Å². The molecular formula is C25H31N3O5. The lowest BCUT2D eigenvalue weighted by atomic mass is 10.1. The zero-order chi connectivity index (χ0) is 23.6. The van der Waals surface area contributed by atoms with Crippen LogP contribution in [-0.2, 0) is 32.2 Å². The third-order valence-electron chi connectivity index (χ3n) is 5.56. The smallest absolute Gasteiger partial charge is 0.346 e. The Morgan fingerprint density at radius 2 is 1.42 bits per heavy atom. The first-order valence-electron chi connectivity index (χ1n) is 10.8.